The van der Waals surface area contributed by atoms with Gasteiger partial charge in [0, 0.05) is 0 Å². The zero-order valence-corrected chi connectivity index (χ0v) is 14.9. The van der Waals surface area contributed by atoms with Crippen LogP contribution in [0.1, 0.15) is 20.8 Å². The third-order valence-electron chi connectivity index (χ3n) is 3.36. The summed E-state index contributed by atoms with van der Waals surface area (Å²) < 4.78 is 31.2. The molecule has 1 heterocycles. The van der Waals surface area contributed by atoms with E-state index in [4.69, 9.17) is 4.74 Å². The van der Waals surface area contributed by atoms with Gasteiger partial charge in [0.15, 0.2) is 6.61 Å². The second kappa shape index (κ2) is 7.69. The van der Waals surface area contributed by atoms with E-state index in [1.807, 2.05) is 6.92 Å². The highest BCUT2D eigenvalue weighted by Crippen LogP contribution is 2.14. The zero-order chi connectivity index (χ0) is 17.7. The molecule has 0 saturated heterocycles. The molecule has 2 rings (SSSR count). The highest BCUT2D eigenvalue weighted by atomic mass is 32.2. The molecule has 128 valence electrons. The molecule has 0 saturated carbocycles. The molecule has 0 unspecified atom stereocenters. The number of ketones is 1. The van der Waals surface area contributed by atoms with E-state index in [1.165, 1.54) is 23.5 Å². The minimum Gasteiger partial charge on any atom is -0.456 e. The number of nitrogens with one attached hydrogen (secondary N) is 1. The summed E-state index contributed by atoms with van der Waals surface area (Å²) in [5.74, 6) is -1.14. The summed E-state index contributed by atoms with van der Waals surface area (Å²) >= 11 is 1.25. The first-order chi connectivity index (χ1) is 11.3. The summed E-state index contributed by atoms with van der Waals surface area (Å²) in [6, 6.07) is 8.04. The molecule has 24 heavy (non-hydrogen) atoms. The van der Waals surface area contributed by atoms with Gasteiger partial charge in [-0.3, -0.25) is 9.59 Å². The van der Waals surface area contributed by atoms with Crippen LogP contribution >= 0.6 is 11.3 Å². The van der Waals surface area contributed by atoms with Crippen LogP contribution in [0.4, 0.5) is 0 Å². The van der Waals surface area contributed by atoms with Crippen molar-refractivity contribution >= 4 is 33.1 Å². The first-order valence-electron chi connectivity index (χ1n) is 7.09. The molecule has 1 aromatic carbocycles. The quantitative estimate of drug-likeness (QED) is 0.598. The predicted molar refractivity (Wildman–Crippen MR) is 90.7 cm³/mol. The minimum absolute atomic E-state index is 0.0769. The lowest BCUT2D eigenvalue weighted by Gasteiger charge is -2.08. The number of thiophene rings is 1. The smallest absolute Gasteiger partial charge is 0.321 e. The van der Waals surface area contributed by atoms with E-state index >= 15 is 0 Å². The molecule has 0 aliphatic heterocycles. The van der Waals surface area contributed by atoms with Gasteiger partial charge in [-0.2, -0.15) is 4.72 Å². The average molecular weight is 367 g/mol. The van der Waals surface area contributed by atoms with Crippen LogP contribution in [-0.4, -0.2) is 33.3 Å². The van der Waals surface area contributed by atoms with Crippen molar-refractivity contribution in [2.75, 3.05) is 13.2 Å². The van der Waals surface area contributed by atoms with Crippen LogP contribution in [0.15, 0.2) is 40.6 Å². The van der Waals surface area contributed by atoms with E-state index in [-0.39, 0.29) is 10.7 Å². The van der Waals surface area contributed by atoms with Crippen molar-refractivity contribution in [2.45, 2.75) is 18.7 Å². The fraction of sp³-hybridized carbons (Fsp3) is 0.250. The molecule has 0 aliphatic rings. The Hall–Kier alpha value is -2.03. The van der Waals surface area contributed by atoms with E-state index in [2.05, 4.69) is 4.72 Å². The maximum atomic E-state index is 12.1. The van der Waals surface area contributed by atoms with Crippen molar-refractivity contribution in [1.82, 2.24) is 4.72 Å². The lowest BCUT2D eigenvalue weighted by Crippen LogP contribution is -2.31. The van der Waals surface area contributed by atoms with Crippen molar-refractivity contribution < 1.29 is 22.7 Å². The standard InChI is InChI=1S/C16H17NO5S2/c1-11-5-6-13(8-12(11)2)24(20,21)17-9-16(19)22-10-14(18)15-4-3-7-23-15/h3-8,17H,9-10H2,1-2H3. The number of Topliss-reactive ketones (excluding diaryl/α,β-unsaturated/α-hetero) is 1. The fourth-order valence-corrected chi connectivity index (χ4v) is 3.53. The molecule has 1 N–H and O–H groups in total. The summed E-state index contributed by atoms with van der Waals surface area (Å²) in [5.41, 5.74) is 1.81. The van der Waals surface area contributed by atoms with Crippen molar-refractivity contribution in [2.24, 2.45) is 0 Å². The Kier molecular flexibility index (Phi) is 5.87. The van der Waals surface area contributed by atoms with Crippen molar-refractivity contribution in [3.05, 3.63) is 51.7 Å². The SMILES string of the molecule is Cc1ccc(S(=O)(=O)NCC(=O)OCC(=O)c2cccs2)cc1C. The van der Waals surface area contributed by atoms with Crippen LogP contribution < -0.4 is 4.72 Å². The number of hydrogen-bond donors (Lipinski definition) is 1. The van der Waals surface area contributed by atoms with Crippen LogP contribution in [0.2, 0.25) is 0 Å². The highest BCUT2D eigenvalue weighted by molar-refractivity contribution is 7.89. The van der Waals surface area contributed by atoms with E-state index in [1.54, 1.807) is 30.5 Å². The van der Waals surface area contributed by atoms with Gasteiger partial charge < -0.3 is 4.74 Å². The molecule has 2 aromatic rings. The molecule has 0 amide bonds. The van der Waals surface area contributed by atoms with E-state index in [9.17, 15) is 18.0 Å². The maximum Gasteiger partial charge on any atom is 0.321 e. The normalized spacial score (nSPS) is 11.2. The lowest BCUT2D eigenvalue weighted by molar-refractivity contribution is -0.141. The number of sulfonamides is 1. The highest BCUT2D eigenvalue weighted by Gasteiger charge is 2.17. The second-order valence-electron chi connectivity index (χ2n) is 5.13. The molecular formula is C16H17NO5S2. The number of ether oxygens (including phenoxy) is 1. The van der Waals surface area contributed by atoms with Gasteiger partial charge in [-0.15, -0.1) is 11.3 Å². The predicted octanol–water partition coefficient (Wildman–Crippen LogP) is 2.07. The minimum atomic E-state index is -3.81. The summed E-state index contributed by atoms with van der Waals surface area (Å²) in [5, 5.41) is 1.74. The average Bonchev–Trinajstić information content (AvgIpc) is 3.07. The number of carbonyl (C=O) groups excluding carboxylic acids is 2. The summed E-state index contributed by atoms with van der Waals surface area (Å²) in [6.45, 7) is 2.73. The zero-order valence-electron chi connectivity index (χ0n) is 13.2. The summed E-state index contributed by atoms with van der Waals surface area (Å²) in [7, 11) is -3.81. The van der Waals surface area contributed by atoms with Gasteiger partial charge in [0.25, 0.3) is 0 Å². The fourth-order valence-electron chi connectivity index (χ4n) is 1.82. The first-order valence-corrected chi connectivity index (χ1v) is 9.45. The molecule has 0 aliphatic carbocycles. The maximum absolute atomic E-state index is 12.1. The molecule has 6 nitrogen and oxygen atoms in total. The molecule has 0 radical (unpaired) electrons. The number of aryl methyl sites for hydroxylation is 2. The van der Waals surface area contributed by atoms with Crippen molar-refractivity contribution in [3.63, 3.8) is 0 Å². The molecule has 8 heteroatoms. The molecular weight excluding hydrogens is 350 g/mol. The summed E-state index contributed by atoms with van der Waals surface area (Å²) in [6.07, 6.45) is 0. The van der Waals surface area contributed by atoms with Crippen LogP contribution in [-0.2, 0) is 19.6 Å². The number of esters is 1. The van der Waals surface area contributed by atoms with E-state index in [0.29, 0.717) is 4.88 Å². The molecule has 1 aromatic heterocycles. The number of hydrogen-bond acceptors (Lipinski definition) is 6. The third-order valence-corrected chi connectivity index (χ3v) is 5.67. The van der Waals surface area contributed by atoms with Crippen LogP contribution in [0.25, 0.3) is 0 Å². The Bertz CT molecular complexity index is 841. The molecule has 0 spiro atoms. The van der Waals surface area contributed by atoms with Crippen molar-refractivity contribution in [1.29, 1.82) is 0 Å². The number of benzene rings is 1. The molecule has 0 bridgehead atoms. The Morgan fingerprint density at radius 2 is 1.92 bits per heavy atom. The van der Waals surface area contributed by atoms with Gasteiger partial charge in [-0.1, -0.05) is 12.1 Å². The van der Waals surface area contributed by atoms with Gasteiger partial charge in [0.2, 0.25) is 15.8 Å². The van der Waals surface area contributed by atoms with E-state index in [0.717, 1.165) is 11.1 Å². The lowest BCUT2D eigenvalue weighted by atomic mass is 10.1. The Morgan fingerprint density at radius 3 is 2.54 bits per heavy atom. The van der Waals surface area contributed by atoms with Gasteiger partial charge in [-0.05, 0) is 48.6 Å². The van der Waals surface area contributed by atoms with Crippen LogP contribution in [0.5, 0.6) is 0 Å². The summed E-state index contributed by atoms with van der Waals surface area (Å²) in [4.78, 5) is 23.9. The first kappa shape index (κ1) is 18.3. The Morgan fingerprint density at radius 1 is 1.17 bits per heavy atom. The van der Waals surface area contributed by atoms with Gasteiger partial charge in [-0.25, -0.2) is 8.42 Å². The van der Waals surface area contributed by atoms with Crippen LogP contribution in [0, 0.1) is 13.8 Å². The van der Waals surface area contributed by atoms with Crippen molar-refractivity contribution in [3.8, 4) is 0 Å². The Labute approximate surface area is 144 Å². The molecule has 0 atom stereocenters. The van der Waals surface area contributed by atoms with Gasteiger partial charge in [0.05, 0.1) is 9.77 Å². The monoisotopic (exact) mass is 367 g/mol. The third kappa shape index (κ3) is 4.73. The topological polar surface area (TPSA) is 89.5 Å². The largest absolute Gasteiger partial charge is 0.456 e. The molecule has 0 fully saturated rings. The number of rotatable bonds is 7. The second-order valence-corrected chi connectivity index (χ2v) is 7.85. The van der Waals surface area contributed by atoms with E-state index < -0.39 is 29.1 Å². The Balaban J connectivity index is 1.88. The van der Waals surface area contributed by atoms with Gasteiger partial charge >= 0.3 is 5.97 Å². The number of carbonyl (C=O) groups is 2. The van der Waals surface area contributed by atoms with Crippen LogP contribution in [0.3, 0.4) is 0 Å². The van der Waals surface area contributed by atoms with Gasteiger partial charge in [0.1, 0.15) is 6.54 Å².